The van der Waals surface area contributed by atoms with Crippen molar-refractivity contribution in [1.82, 2.24) is 17.9 Å². The van der Waals surface area contributed by atoms with Crippen LogP contribution < -0.4 is 46.7 Å². The Hall–Kier alpha value is -13.1. The molecule has 0 saturated carbocycles. The maximum atomic E-state index is 17.0. The van der Waals surface area contributed by atoms with E-state index in [-0.39, 0.29) is 68.9 Å². The number of nitrogens with zero attached hydrogens (tertiary/aromatic N) is 6. The van der Waals surface area contributed by atoms with Crippen LogP contribution in [-0.2, 0) is 0 Å². The quantitative estimate of drug-likeness (QED) is 0.0285. The molecule has 0 saturated heterocycles. The number of rotatable bonds is 22. The number of carbonyl (C=O) groups is 4. The van der Waals surface area contributed by atoms with E-state index in [0.717, 1.165) is 89.5 Å². The van der Waals surface area contributed by atoms with Crippen LogP contribution in [0.15, 0.2) is 255 Å². The highest BCUT2D eigenvalue weighted by Crippen LogP contribution is 2.59. The second kappa shape index (κ2) is 30.6. The molecule has 4 amide bonds. The van der Waals surface area contributed by atoms with Gasteiger partial charge in [0.05, 0.1) is 118 Å². The summed E-state index contributed by atoms with van der Waals surface area (Å²) in [7, 11) is 25.7. The van der Waals surface area contributed by atoms with Gasteiger partial charge in [-0.05, 0) is 260 Å². The number of fused-ring (bicyclic) bond motifs is 2. The number of para-hydroxylation sites is 2. The third kappa shape index (κ3) is 14.6. The molecular formula is C108H106N6O8+4. The van der Waals surface area contributed by atoms with Crippen molar-refractivity contribution in [3.8, 4) is 90.5 Å². The number of benzene rings is 15. The van der Waals surface area contributed by atoms with Crippen molar-refractivity contribution in [2.24, 2.45) is 0 Å². The van der Waals surface area contributed by atoms with Gasteiger partial charge in [0, 0.05) is 43.1 Å². The molecule has 0 fully saturated rings. The van der Waals surface area contributed by atoms with E-state index < -0.39 is 23.6 Å². The van der Waals surface area contributed by atoms with Crippen molar-refractivity contribution in [3.05, 3.63) is 299 Å². The number of amides is 4. The van der Waals surface area contributed by atoms with E-state index in [1.807, 2.05) is 133 Å². The molecule has 17 rings (SSSR count). The number of quaternary nitrogens is 4. The van der Waals surface area contributed by atoms with E-state index in [9.17, 15) is 0 Å². The van der Waals surface area contributed by atoms with Crippen LogP contribution in [0.5, 0.6) is 46.0 Å². The zero-order valence-corrected chi connectivity index (χ0v) is 73.5. The first-order chi connectivity index (χ1) is 58.0. The predicted octanol–water partition coefficient (Wildman–Crippen LogP) is 26.5. The standard InChI is InChI=1S/C108H106N6O8/c1-63(2)83-23-21-24-84(64(3)4)103(83)109-105(115)87-59-91(119-79-51-35-71(36-52-79)67-27-43-75(44-28-67)111(9,10)11)97-99-93(121-81-55-39-73(40-56-81)69-31-47-77(48-32-69)113(15,16)17)61-89-96-90(108(118)110(107(89)117)104-85(65(5)6)25-22-26-86(104)66(7)8)62-94(122-82-57-41-74(42-58-82)70-33-49-78(50-34-70)114(18,19)20)100(102(96)99)98-92(60-88(106(109)116)95(87)101(97)98)120-80-53-37-72(38-54-80)68-29-45-76(46-30-68)112(12,13)14/h21-66H,1-20H3/q+4. The summed E-state index contributed by atoms with van der Waals surface area (Å²) < 4.78 is 33.2. The van der Waals surface area contributed by atoms with Crippen LogP contribution in [-0.4, -0.2) is 108 Å². The Balaban J connectivity index is 1.01. The van der Waals surface area contributed by atoms with Crippen molar-refractivity contribution in [1.29, 1.82) is 0 Å². The maximum absolute atomic E-state index is 17.0. The molecular weight excluding hydrogens is 1510 g/mol. The second-order valence-electron chi connectivity index (χ2n) is 37.5. The molecule has 15 aromatic rings. The van der Waals surface area contributed by atoms with E-state index in [1.165, 1.54) is 9.80 Å². The summed E-state index contributed by atoms with van der Waals surface area (Å²) in [6, 6.07) is 84.8. The van der Waals surface area contributed by atoms with Crippen LogP contribution in [0.1, 0.15) is 143 Å². The van der Waals surface area contributed by atoms with E-state index in [2.05, 4.69) is 237 Å². The van der Waals surface area contributed by atoms with E-state index in [4.69, 9.17) is 18.9 Å². The third-order valence-corrected chi connectivity index (χ3v) is 24.3. The van der Waals surface area contributed by atoms with Crippen molar-refractivity contribution in [3.63, 3.8) is 0 Å². The van der Waals surface area contributed by atoms with Gasteiger partial charge in [-0.25, -0.2) is 9.80 Å². The number of ether oxygens (including phenoxy) is 4. The van der Waals surface area contributed by atoms with Crippen molar-refractivity contribution in [2.75, 3.05) is 94.4 Å². The Kier molecular flexibility index (Phi) is 20.4. The molecule has 2 aliphatic heterocycles. The SMILES string of the molecule is CC(C)c1cccc(C(C)C)c1N1C(=O)c2cc(Oc3ccc(-c4ccc([N+](C)(C)C)cc4)cc3)c3c4c(Oc5ccc(-c6ccc([N+](C)(C)C)cc6)cc5)cc5c6c(cc(Oc7ccc(-c8ccc([N+](C)(C)C)cc8)cc7)c(c7c(Oc8ccc(-c9ccc([N+](C)(C)C)cc9)cc8)cc(c2c37)C1=O)c64)C(=O)N(c1c(C(C)C)cccc1C(C)C)C5=O. The second-order valence-corrected chi connectivity index (χ2v) is 37.5. The topological polar surface area (TPSA) is 112 Å². The zero-order valence-electron chi connectivity index (χ0n) is 73.5. The Morgan fingerprint density at radius 3 is 0.557 bits per heavy atom. The minimum Gasteiger partial charge on any atom is -0.457 e. The Bertz CT molecular complexity index is 5890. The van der Waals surface area contributed by atoms with Crippen molar-refractivity contribution < 1.29 is 38.1 Å². The predicted molar refractivity (Wildman–Crippen MR) is 505 cm³/mol. The van der Waals surface area contributed by atoms with E-state index >= 15 is 19.2 Å². The van der Waals surface area contributed by atoms with Crippen LogP contribution >= 0.6 is 0 Å². The average molecular weight is 1620 g/mol. The van der Waals surface area contributed by atoms with Gasteiger partial charge in [0.15, 0.2) is 0 Å². The highest BCUT2D eigenvalue weighted by molar-refractivity contribution is 6.48. The van der Waals surface area contributed by atoms with Crippen LogP contribution in [0, 0.1) is 0 Å². The molecule has 0 spiro atoms. The molecule has 612 valence electrons. The molecule has 0 N–H and O–H groups in total. The summed E-state index contributed by atoms with van der Waals surface area (Å²) in [5.74, 6) is -0.195. The summed E-state index contributed by atoms with van der Waals surface area (Å²) in [6.45, 7) is 16.6. The molecule has 0 aliphatic carbocycles. The molecule has 15 aromatic carbocycles. The van der Waals surface area contributed by atoms with E-state index in [0.29, 0.717) is 95.4 Å². The third-order valence-electron chi connectivity index (χ3n) is 24.3. The van der Waals surface area contributed by atoms with Crippen LogP contribution in [0.4, 0.5) is 34.1 Å². The fraction of sp³-hybridized carbons (Fsp3) is 0.222. The van der Waals surface area contributed by atoms with Gasteiger partial charge in [0.1, 0.15) is 68.7 Å². The Labute approximate surface area is 715 Å². The van der Waals surface area contributed by atoms with Gasteiger partial charge in [0.25, 0.3) is 23.6 Å². The van der Waals surface area contributed by atoms with E-state index in [1.54, 1.807) is 24.3 Å². The monoisotopic (exact) mass is 1610 g/mol. The molecule has 122 heavy (non-hydrogen) atoms. The van der Waals surface area contributed by atoms with Gasteiger partial charge in [-0.2, -0.15) is 0 Å². The van der Waals surface area contributed by atoms with Gasteiger partial charge in [-0.15, -0.1) is 0 Å². The molecule has 0 radical (unpaired) electrons. The number of hydrogen-bond acceptors (Lipinski definition) is 8. The number of imide groups is 2. The molecule has 0 unspecified atom stereocenters. The van der Waals surface area contributed by atoms with Crippen molar-refractivity contribution in [2.45, 2.75) is 79.1 Å². The highest BCUT2D eigenvalue weighted by atomic mass is 16.5. The van der Waals surface area contributed by atoms with Gasteiger partial charge < -0.3 is 18.9 Å². The lowest BCUT2D eigenvalue weighted by molar-refractivity contribution is 0.0877. The normalized spacial score (nSPS) is 13.4. The fourth-order valence-electron chi connectivity index (χ4n) is 17.5. The van der Waals surface area contributed by atoms with Crippen molar-refractivity contribution >= 4 is 101 Å². The van der Waals surface area contributed by atoms with Gasteiger partial charge in [0.2, 0.25) is 0 Å². The highest BCUT2D eigenvalue weighted by Gasteiger charge is 2.45. The van der Waals surface area contributed by atoms with Crippen LogP contribution in [0.25, 0.3) is 87.6 Å². The smallest absolute Gasteiger partial charge is 0.266 e. The summed E-state index contributed by atoms with van der Waals surface area (Å²) in [4.78, 5) is 70.7. The Morgan fingerprint density at radius 2 is 0.393 bits per heavy atom. The minimum atomic E-state index is -0.562. The average Bonchev–Trinajstić information content (AvgIpc) is 0.667. The Morgan fingerprint density at radius 1 is 0.221 bits per heavy atom. The molecule has 0 aromatic heterocycles. The molecule has 0 bridgehead atoms. The minimum absolute atomic E-state index is 0.120. The molecule has 14 heteroatoms. The zero-order chi connectivity index (χ0) is 86.2. The molecule has 2 heterocycles. The summed E-state index contributed by atoms with van der Waals surface area (Å²) >= 11 is 0. The fourth-order valence-corrected chi connectivity index (χ4v) is 17.5. The number of hydrogen-bond donors (Lipinski definition) is 0. The first-order valence-electron chi connectivity index (χ1n) is 42.2. The van der Waals surface area contributed by atoms with Gasteiger partial charge in [-0.1, -0.05) is 140 Å². The lowest BCUT2D eigenvalue weighted by Crippen LogP contribution is -2.42. The first kappa shape index (κ1) is 81.3. The molecule has 0 atom stereocenters. The summed E-state index contributed by atoms with van der Waals surface area (Å²) in [5, 5.41) is 3.08. The number of carbonyl (C=O) groups excluding carboxylic acids is 4. The van der Waals surface area contributed by atoms with Gasteiger partial charge >= 0.3 is 0 Å². The van der Waals surface area contributed by atoms with Gasteiger partial charge in [-0.3, -0.25) is 37.1 Å². The largest absolute Gasteiger partial charge is 0.457 e. The lowest BCUT2D eigenvalue weighted by atomic mass is 9.80. The van der Waals surface area contributed by atoms with Crippen LogP contribution in [0.2, 0.25) is 0 Å². The summed E-state index contributed by atoms with van der Waals surface area (Å²) in [6.07, 6.45) is 0. The summed E-state index contributed by atoms with van der Waals surface area (Å²) in [5.41, 5.74) is 17.4. The first-order valence-corrected chi connectivity index (χ1v) is 42.2. The maximum Gasteiger partial charge on any atom is 0.266 e. The molecule has 2 aliphatic rings. The van der Waals surface area contributed by atoms with Crippen LogP contribution in [0.3, 0.4) is 0 Å². The number of anilines is 2. The lowest BCUT2D eigenvalue weighted by Gasteiger charge is -2.35. The molecule has 14 nitrogen and oxygen atoms in total.